The molecule has 0 aromatic heterocycles. The largest absolute Gasteiger partial charge is 0.466 e. The Balaban J connectivity index is 4.27. The van der Waals surface area contributed by atoms with Crippen molar-refractivity contribution in [2.75, 3.05) is 26.8 Å². The Bertz CT molecular complexity index is 307. The normalized spacial score (nSPS) is 12.2. The number of ether oxygens (including phenoxy) is 2. The molecule has 130 valence electrons. The van der Waals surface area contributed by atoms with E-state index in [4.69, 9.17) is 9.47 Å². The quantitative estimate of drug-likeness (QED) is 0.386. The Morgan fingerprint density at radius 3 is 2.09 bits per heavy atom. The molecule has 0 bridgehead atoms. The van der Waals surface area contributed by atoms with E-state index in [9.17, 15) is 9.59 Å². The highest BCUT2D eigenvalue weighted by atomic mass is 16.5. The van der Waals surface area contributed by atoms with Crippen molar-refractivity contribution < 1.29 is 19.1 Å². The van der Waals surface area contributed by atoms with E-state index in [1.165, 1.54) is 25.7 Å². The first-order valence-electron chi connectivity index (χ1n) is 8.59. The molecule has 0 amide bonds. The van der Waals surface area contributed by atoms with Crippen molar-refractivity contribution in [3.8, 4) is 0 Å². The maximum atomic E-state index is 12.0. The van der Waals surface area contributed by atoms with Gasteiger partial charge in [0.2, 0.25) is 0 Å². The standard InChI is InChI=1S/C17H33NO4/c1-5-8-9-10-11-12-13-18(4)15(17(20)22-7-3)14-16(19)21-6-2/h15H,5-14H2,1-4H3. The Morgan fingerprint density at radius 1 is 0.909 bits per heavy atom. The smallest absolute Gasteiger partial charge is 0.323 e. The van der Waals surface area contributed by atoms with Crippen LogP contribution in [0.4, 0.5) is 0 Å². The average Bonchev–Trinajstić information content (AvgIpc) is 2.48. The molecule has 0 aliphatic rings. The van der Waals surface area contributed by atoms with E-state index in [2.05, 4.69) is 6.92 Å². The number of nitrogens with zero attached hydrogens (tertiary/aromatic N) is 1. The van der Waals surface area contributed by atoms with E-state index in [0.29, 0.717) is 13.2 Å². The lowest BCUT2D eigenvalue weighted by Crippen LogP contribution is -2.42. The number of likely N-dealkylation sites (N-methyl/N-ethyl adjacent to an activating group) is 1. The first-order chi connectivity index (χ1) is 10.6. The summed E-state index contributed by atoms with van der Waals surface area (Å²) >= 11 is 0. The molecule has 0 aromatic rings. The van der Waals surface area contributed by atoms with Crippen molar-refractivity contribution in [2.24, 2.45) is 0 Å². The highest BCUT2D eigenvalue weighted by Gasteiger charge is 2.27. The van der Waals surface area contributed by atoms with Crippen LogP contribution in [0.15, 0.2) is 0 Å². The highest BCUT2D eigenvalue weighted by Crippen LogP contribution is 2.10. The minimum absolute atomic E-state index is 0.0546. The lowest BCUT2D eigenvalue weighted by atomic mass is 10.1. The summed E-state index contributed by atoms with van der Waals surface area (Å²) in [6.07, 6.45) is 7.25. The fourth-order valence-corrected chi connectivity index (χ4v) is 2.33. The first kappa shape index (κ1) is 20.9. The molecule has 0 aromatic carbocycles. The third-order valence-electron chi connectivity index (χ3n) is 3.62. The van der Waals surface area contributed by atoms with E-state index < -0.39 is 6.04 Å². The summed E-state index contributed by atoms with van der Waals surface area (Å²) in [7, 11) is 1.87. The Labute approximate surface area is 135 Å². The Hall–Kier alpha value is -1.10. The number of unbranched alkanes of at least 4 members (excludes halogenated alkanes) is 5. The molecular weight excluding hydrogens is 282 g/mol. The number of hydrogen-bond acceptors (Lipinski definition) is 5. The van der Waals surface area contributed by atoms with Crippen molar-refractivity contribution in [3.63, 3.8) is 0 Å². The van der Waals surface area contributed by atoms with E-state index in [1.54, 1.807) is 13.8 Å². The van der Waals surface area contributed by atoms with Gasteiger partial charge in [-0.25, -0.2) is 0 Å². The van der Waals surface area contributed by atoms with Crippen LogP contribution >= 0.6 is 0 Å². The van der Waals surface area contributed by atoms with Gasteiger partial charge in [-0.2, -0.15) is 0 Å². The predicted molar refractivity (Wildman–Crippen MR) is 87.7 cm³/mol. The molecule has 0 fully saturated rings. The molecule has 0 saturated heterocycles. The van der Waals surface area contributed by atoms with Crippen molar-refractivity contribution in [2.45, 2.75) is 71.8 Å². The van der Waals surface area contributed by atoms with Crippen LogP contribution in [0.2, 0.25) is 0 Å². The Kier molecular flexibility index (Phi) is 12.9. The van der Waals surface area contributed by atoms with Crippen molar-refractivity contribution in [1.29, 1.82) is 0 Å². The summed E-state index contributed by atoms with van der Waals surface area (Å²) in [4.78, 5) is 25.6. The average molecular weight is 315 g/mol. The number of carbonyl (C=O) groups excluding carboxylic acids is 2. The molecule has 5 heteroatoms. The van der Waals surface area contributed by atoms with Crippen LogP contribution in [0.1, 0.15) is 65.7 Å². The summed E-state index contributed by atoms with van der Waals surface area (Å²) < 4.78 is 10.0. The van der Waals surface area contributed by atoms with Crippen LogP contribution in [0.3, 0.4) is 0 Å². The molecule has 0 saturated carbocycles. The van der Waals surface area contributed by atoms with Gasteiger partial charge in [0.25, 0.3) is 0 Å². The Morgan fingerprint density at radius 2 is 1.50 bits per heavy atom. The summed E-state index contributed by atoms with van der Waals surface area (Å²) in [6, 6.07) is -0.547. The zero-order valence-corrected chi connectivity index (χ0v) is 14.7. The lowest BCUT2D eigenvalue weighted by Gasteiger charge is -2.25. The van der Waals surface area contributed by atoms with E-state index >= 15 is 0 Å². The van der Waals surface area contributed by atoms with Gasteiger partial charge in [-0.1, -0.05) is 39.0 Å². The van der Waals surface area contributed by atoms with Crippen LogP contribution in [0, 0.1) is 0 Å². The zero-order chi connectivity index (χ0) is 16.8. The molecule has 5 nitrogen and oxygen atoms in total. The SMILES string of the molecule is CCCCCCCCN(C)C(CC(=O)OCC)C(=O)OCC. The van der Waals surface area contributed by atoms with Gasteiger partial charge >= 0.3 is 11.9 Å². The number of carbonyl (C=O) groups is 2. The molecule has 0 aliphatic heterocycles. The third-order valence-corrected chi connectivity index (χ3v) is 3.62. The third kappa shape index (κ3) is 9.77. The van der Waals surface area contributed by atoms with Gasteiger partial charge in [-0.05, 0) is 33.9 Å². The van der Waals surface area contributed by atoms with Crippen molar-refractivity contribution in [1.82, 2.24) is 4.90 Å². The number of hydrogen-bond donors (Lipinski definition) is 0. The fraction of sp³-hybridized carbons (Fsp3) is 0.882. The summed E-state index contributed by atoms with van der Waals surface area (Å²) in [5.41, 5.74) is 0. The maximum Gasteiger partial charge on any atom is 0.323 e. The molecule has 0 N–H and O–H groups in total. The predicted octanol–water partition coefficient (Wildman–Crippen LogP) is 3.16. The van der Waals surface area contributed by atoms with E-state index in [1.807, 2.05) is 11.9 Å². The van der Waals surface area contributed by atoms with E-state index in [-0.39, 0.29) is 18.4 Å². The number of rotatable bonds is 13. The van der Waals surface area contributed by atoms with Crippen LogP contribution < -0.4 is 0 Å². The molecule has 0 aliphatic carbocycles. The number of esters is 2. The van der Waals surface area contributed by atoms with Gasteiger partial charge in [0.1, 0.15) is 6.04 Å². The highest BCUT2D eigenvalue weighted by molar-refractivity contribution is 5.82. The minimum Gasteiger partial charge on any atom is -0.466 e. The molecule has 0 rings (SSSR count). The summed E-state index contributed by atoms with van der Waals surface area (Å²) in [5.74, 6) is -0.695. The van der Waals surface area contributed by atoms with Gasteiger partial charge in [0, 0.05) is 0 Å². The molecule has 0 radical (unpaired) electrons. The van der Waals surface area contributed by atoms with Crippen LogP contribution in [0.25, 0.3) is 0 Å². The van der Waals surface area contributed by atoms with Gasteiger partial charge in [-0.15, -0.1) is 0 Å². The van der Waals surface area contributed by atoms with E-state index in [0.717, 1.165) is 19.4 Å². The first-order valence-corrected chi connectivity index (χ1v) is 8.59. The van der Waals surface area contributed by atoms with Gasteiger partial charge < -0.3 is 9.47 Å². The van der Waals surface area contributed by atoms with Crippen LogP contribution in [-0.4, -0.2) is 49.7 Å². The van der Waals surface area contributed by atoms with Crippen molar-refractivity contribution >= 4 is 11.9 Å². The molecule has 0 spiro atoms. The maximum absolute atomic E-state index is 12.0. The lowest BCUT2D eigenvalue weighted by molar-refractivity contribution is -0.155. The topological polar surface area (TPSA) is 55.8 Å². The molecule has 1 atom stereocenters. The minimum atomic E-state index is -0.547. The zero-order valence-electron chi connectivity index (χ0n) is 14.7. The second-order valence-corrected chi connectivity index (χ2v) is 5.53. The molecular formula is C17H33NO4. The summed E-state index contributed by atoms with van der Waals surface area (Å²) in [6.45, 7) is 7.17. The van der Waals surface area contributed by atoms with Crippen molar-refractivity contribution in [3.05, 3.63) is 0 Å². The van der Waals surface area contributed by atoms with Crippen LogP contribution in [-0.2, 0) is 19.1 Å². The monoisotopic (exact) mass is 315 g/mol. The molecule has 1 unspecified atom stereocenters. The van der Waals surface area contributed by atoms with Gasteiger partial charge in [0.15, 0.2) is 0 Å². The van der Waals surface area contributed by atoms with Crippen LogP contribution in [0.5, 0.6) is 0 Å². The fourth-order valence-electron chi connectivity index (χ4n) is 2.33. The van der Waals surface area contributed by atoms with Gasteiger partial charge in [0.05, 0.1) is 19.6 Å². The van der Waals surface area contributed by atoms with Gasteiger partial charge in [-0.3, -0.25) is 14.5 Å². The second kappa shape index (κ2) is 13.6. The summed E-state index contributed by atoms with van der Waals surface area (Å²) in [5, 5.41) is 0. The second-order valence-electron chi connectivity index (χ2n) is 5.53. The molecule has 22 heavy (non-hydrogen) atoms. The molecule has 0 heterocycles.